The summed E-state index contributed by atoms with van der Waals surface area (Å²) in [6.07, 6.45) is 0.750. The molecular weight excluding hydrogens is 352 g/mol. The Bertz CT molecular complexity index is 857. The van der Waals surface area contributed by atoms with Gasteiger partial charge in [0.25, 0.3) is 0 Å². The number of carboxylic acid groups (broad SMARTS) is 1. The standard InChI is InChI=1S/C19H24N2O6/c1-19(2,3)27-18(24)21-10-14-13-8-16(26-5)15(25-4)7-12(13)11(9-20-14)6-17(22)23/h7-9H,6,10H2,1-5H3,(H,21,24)(H,22,23). The molecule has 8 heteroatoms. The quantitative estimate of drug-likeness (QED) is 0.798. The van der Waals surface area contributed by atoms with Crippen molar-refractivity contribution in [3.05, 3.63) is 29.6 Å². The summed E-state index contributed by atoms with van der Waals surface area (Å²) in [5.74, 6) is -0.000742. The number of nitrogens with zero attached hydrogens (tertiary/aromatic N) is 1. The second-order valence-corrected chi connectivity index (χ2v) is 6.91. The molecule has 8 nitrogen and oxygen atoms in total. The van der Waals surface area contributed by atoms with E-state index in [4.69, 9.17) is 19.3 Å². The number of hydrogen-bond donors (Lipinski definition) is 2. The number of aliphatic carboxylic acids is 1. The molecule has 1 aromatic carbocycles. The highest BCUT2D eigenvalue weighted by molar-refractivity contribution is 5.92. The number of hydrogen-bond acceptors (Lipinski definition) is 6. The molecule has 1 amide bonds. The number of ether oxygens (including phenoxy) is 3. The first-order chi connectivity index (χ1) is 12.6. The van der Waals surface area contributed by atoms with E-state index in [1.807, 2.05) is 0 Å². The molecular formula is C19H24N2O6. The molecule has 0 aliphatic rings. The van der Waals surface area contributed by atoms with Crippen molar-refractivity contribution < 1.29 is 28.9 Å². The average molecular weight is 376 g/mol. The number of pyridine rings is 1. The van der Waals surface area contributed by atoms with Crippen LogP contribution in [0.5, 0.6) is 11.5 Å². The molecule has 0 spiro atoms. The molecule has 0 saturated carbocycles. The molecule has 2 rings (SSSR count). The van der Waals surface area contributed by atoms with Gasteiger partial charge in [-0.2, -0.15) is 0 Å². The van der Waals surface area contributed by atoms with Crippen LogP contribution in [0.2, 0.25) is 0 Å². The van der Waals surface area contributed by atoms with Crippen LogP contribution in [0, 0.1) is 0 Å². The van der Waals surface area contributed by atoms with Gasteiger partial charge >= 0.3 is 12.1 Å². The van der Waals surface area contributed by atoms with E-state index in [1.54, 1.807) is 32.9 Å². The van der Waals surface area contributed by atoms with Crippen molar-refractivity contribution in [3.63, 3.8) is 0 Å². The zero-order chi connectivity index (χ0) is 20.2. The average Bonchev–Trinajstić information content (AvgIpc) is 2.57. The molecule has 0 radical (unpaired) electrons. The summed E-state index contributed by atoms with van der Waals surface area (Å²) in [6.45, 7) is 5.45. The lowest BCUT2D eigenvalue weighted by atomic mass is 10.0. The fourth-order valence-electron chi connectivity index (χ4n) is 2.59. The van der Waals surface area contributed by atoms with Gasteiger partial charge in [0.2, 0.25) is 0 Å². The van der Waals surface area contributed by atoms with Gasteiger partial charge in [0, 0.05) is 11.6 Å². The summed E-state index contributed by atoms with van der Waals surface area (Å²) < 4.78 is 15.9. The highest BCUT2D eigenvalue weighted by Gasteiger charge is 2.18. The second kappa shape index (κ2) is 8.11. The first-order valence-corrected chi connectivity index (χ1v) is 8.35. The van der Waals surface area contributed by atoms with Crippen molar-refractivity contribution in [1.82, 2.24) is 10.3 Å². The Kier molecular flexibility index (Phi) is 6.09. The minimum Gasteiger partial charge on any atom is -0.493 e. The summed E-state index contributed by atoms with van der Waals surface area (Å²) in [6, 6.07) is 3.43. The van der Waals surface area contributed by atoms with Crippen molar-refractivity contribution in [2.24, 2.45) is 0 Å². The Labute approximate surface area is 157 Å². The highest BCUT2D eigenvalue weighted by atomic mass is 16.6. The lowest BCUT2D eigenvalue weighted by molar-refractivity contribution is -0.136. The van der Waals surface area contributed by atoms with Crippen LogP contribution in [0.15, 0.2) is 18.3 Å². The van der Waals surface area contributed by atoms with Gasteiger partial charge in [0.1, 0.15) is 5.60 Å². The number of carbonyl (C=O) groups excluding carboxylic acids is 1. The third-order valence-electron chi connectivity index (χ3n) is 3.70. The number of rotatable bonds is 6. The predicted molar refractivity (Wildman–Crippen MR) is 99.3 cm³/mol. The molecule has 0 saturated heterocycles. The molecule has 27 heavy (non-hydrogen) atoms. The van der Waals surface area contributed by atoms with Gasteiger partial charge in [0.05, 0.1) is 32.9 Å². The van der Waals surface area contributed by atoms with Crippen LogP contribution in [0.25, 0.3) is 10.8 Å². The molecule has 1 heterocycles. The zero-order valence-electron chi connectivity index (χ0n) is 16.1. The fourth-order valence-corrected chi connectivity index (χ4v) is 2.59. The molecule has 2 aromatic rings. The summed E-state index contributed by atoms with van der Waals surface area (Å²) in [4.78, 5) is 27.4. The van der Waals surface area contributed by atoms with Gasteiger partial charge in [-0.1, -0.05) is 0 Å². The maximum Gasteiger partial charge on any atom is 0.407 e. The first kappa shape index (κ1) is 20.3. The van der Waals surface area contributed by atoms with Gasteiger partial charge in [-0.25, -0.2) is 4.79 Å². The summed E-state index contributed by atoms with van der Waals surface area (Å²) in [7, 11) is 3.02. The number of aromatic nitrogens is 1. The number of amides is 1. The van der Waals surface area contributed by atoms with E-state index in [1.165, 1.54) is 20.4 Å². The summed E-state index contributed by atoms with van der Waals surface area (Å²) in [5, 5.41) is 13.2. The lowest BCUT2D eigenvalue weighted by Gasteiger charge is -2.20. The van der Waals surface area contributed by atoms with Crippen LogP contribution < -0.4 is 14.8 Å². The first-order valence-electron chi connectivity index (χ1n) is 8.35. The minimum absolute atomic E-state index is 0.119. The summed E-state index contributed by atoms with van der Waals surface area (Å²) in [5.41, 5.74) is 0.493. The molecule has 0 atom stereocenters. The van der Waals surface area contributed by atoms with Crippen LogP contribution in [-0.2, 0) is 22.5 Å². The molecule has 146 valence electrons. The number of benzene rings is 1. The molecule has 0 aliphatic heterocycles. The smallest absolute Gasteiger partial charge is 0.407 e. The van der Waals surface area contributed by atoms with Gasteiger partial charge in [-0.15, -0.1) is 0 Å². The number of carbonyl (C=O) groups is 2. The maximum atomic E-state index is 11.9. The van der Waals surface area contributed by atoms with Crippen LogP contribution in [0.4, 0.5) is 4.79 Å². The van der Waals surface area contributed by atoms with Crippen LogP contribution >= 0.6 is 0 Å². The van der Waals surface area contributed by atoms with E-state index in [9.17, 15) is 9.59 Å². The fraction of sp³-hybridized carbons (Fsp3) is 0.421. The maximum absolute atomic E-state index is 11.9. The van der Waals surface area contributed by atoms with E-state index >= 15 is 0 Å². The van der Waals surface area contributed by atoms with E-state index in [0.29, 0.717) is 33.5 Å². The van der Waals surface area contributed by atoms with Gasteiger partial charge < -0.3 is 24.6 Å². The Balaban J connectivity index is 2.44. The van der Waals surface area contributed by atoms with Gasteiger partial charge in [0.15, 0.2) is 11.5 Å². The van der Waals surface area contributed by atoms with Gasteiger partial charge in [-0.3, -0.25) is 9.78 Å². The van der Waals surface area contributed by atoms with Crippen LogP contribution in [0.1, 0.15) is 32.0 Å². The van der Waals surface area contributed by atoms with E-state index < -0.39 is 17.7 Å². The Morgan fingerprint density at radius 3 is 2.22 bits per heavy atom. The molecule has 1 aromatic heterocycles. The second-order valence-electron chi connectivity index (χ2n) is 6.91. The Morgan fingerprint density at radius 2 is 1.70 bits per heavy atom. The monoisotopic (exact) mass is 376 g/mol. The zero-order valence-corrected chi connectivity index (χ0v) is 16.1. The lowest BCUT2D eigenvalue weighted by Crippen LogP contribution is -2.32. The molecule has 2 N–H and O–H groups in total. The Morgan fingerprint density at radius 1 is 1.11 bits per heavy atom. The van der Waals surface area contributed by atoms with Gasteiger partial charge in [-0.05, 0) is 43.9 Å². The number of carboxylic acids is 1. The van der Waals surface area contributed by atoms with Crippen molar-refractivity contribution in [3.8, 4) is 11.5 Å². The predicted octanol–water partition coefficient (Wildman–Crippen LogP) is 2.90. The van der Waals surface area contributed by atoms with E-state index in [2.05, 4.69) is 10.3 Å². The minimum atomic E-state index is -0.965. The van der Waals surface area contributed by atoms with Crippen molar-refractivity contribution in [1.29, 1.82) is 0 Å². The topological polar surface area (TPSA) is 107 Å². The largest absolute Gasteiger partial charge is 0.493 e. The van der Waals surface area contributed by atoms with E-state index in [0.717, 1.165) is 0 Å². The number of alkyl carbamates (subject to hydrolysis) is 1. The van der Waals surface area contributed by atoms with Crippen LogP contribution in [-0.4, -0.2) is 42.0 Å². The number of nitrogens with one attached hydrogen (secondary N) is 1. The number of fused-ring (bicyclic) bond motifs is 1. The van der Waals surface area contributed by atoms with Crippen LogP contribution in [0.3, 0.4) is 0 Å². The van der Waals surface area contributed by atoms with Crippen molar-refractivity contribution >= 4 is 22.8 Å². The van der Waals surface area contributed by atoms with Crippen molar-refractivity contribution in [2.75, 3.05) is 14.2 Å². The molecule has 0 aliphatic carbocycles. The normalized spacial score (nSPS) is 11.1. The summed E-state index contributed by atoms with van der Waals surface area (Å²) >= 11 is 0. The third-order valence-corrected chi connectivity index (χ3v) is 3.70. The SMILES string of the molecule is COc1cc2c(CC(=O)O)cnc(CNC(=O)OC(C)(C)C)c2cc1OC. The highest BCUT2D eigenvalue weighted by Crippen LogP contribution is 2.34. The molecule has 0 bridgehead atoms. The Hall–Kier alpha value is -3.03. The number of methoxy groups -OCH3 is 2. The van der Waals surface area contributed by atoms with E-state index in [-0.39, 0.29) is 13.0 Å². The molecule has 0 unspecified atom stereocenters. The van der Waals surface area contributed by atoms with Crippen molar-refractivity contribution in [2.45, 2.75) is 39.3 Å². The molecule has 0 fully saturated rings. The third kappa shape index (κ3) is 5.22.